The van der Waals surface area contributed by atoms with Gasteiger partial charge in [-0.15, -0.1) is 0 Å². The van der Waals surface area contributed by atoms with Gasteiger partial charge in [0, 0.05) is 13.1 Å². The van der Waals surface area contributed by atoms with E-state index in [2.05, 4.69) is 29.1 Å². The van der Waals surface area contributed by atoms with Gasteiger partial charge in [-0.2, -0.15) is 0 Å². The summed E-state index contributed by atoms with van der Waals surface area (Å²) in [5, 5.41) is 2.84. The number of nitrogens with one attached hydrogen (secondary N) is 1. The van der Waals surface area contributed by atoms with Crippen LogP contribution in [0.3, 0.4) is 0 Å². The van der Waals surface area contributed by atoms with Gasteiger partial charge in [0.25, 0.3) is 0 Å². The predicted octanol–water partition coefficient (Wildman–Crippen LogP) is 3.15. The monoisotopic (exact) mass is 297 g/mol. The minimum absolute atomic E-state index is 0.373. The third-order valence-electron chi connectivity index (χ3n) is 3.34. The number of guanidine groups is 2. The summed E-state index contributed by atoms with van der Waals surface area (Å²) in [6.45, 7) is 5.94. The number of nitrogens with two attached hydrogens (primary N) is 2. The smallest absolute Gasteiger partial charge is 0.195 e. The molecule has 0 fully saturated rings. The Morgan fingerprint density at radius 1 is 0.667 bits per heavy atom. The molecule has 0 saturated carbocycles. The van der Waals surface area contributed by atoms with E-state index in [9.17, 15) is 0 Å². The van der Waals surface area contributed by atoms with Crippen LogP contribution >= 0.6 is 0 Å². The number of nitrogens with zero attached hydrogens (tertiary/aromatic N) is 2. The van der Waals surface area contributed by atoms with Crippen LogP contribution in [0.25, 0.3) is 0 Å². The van der Waals surface area contributed by atoms with Gasteiger partial charge in [0.05, 0.1) is 0 Å². The average Bonchev–Trinajstić information content (AvgIpc) is 2.46. The first-order valence-corrected chi connectivity index (χ1v) is 8.57. The highest BCUT2D eigenvalue weighted by atomic mass is 15.2. The van der Waals surface area contributed by atoms with Gasteiger partial charge in [0.15, 0.2) is 11.9 Å². The average molecular weight is 297 g/mol. The molecule has 0 rings (SSSR count). The molecule has 5 heteroatoms. The van der Waals surface area contributed by atoms with Crippen molar-refractivity contribution in [3.8, 4) is 0 Å². The summed E-state index contributed by atoms with van der Waals surface area (Å²) in [6, 6.07) is 0. The topological polar surface area (TPSA) is 88.8 Å². The van der Waals surface area contributed by atoms with Crippen molar-refractivity contribution >= 4 is 11.9 Å². The summed E-state index contributed by atoms with van der Waals surface area (Å²) in [4.78, 5) is 8.51. The third-order valence-corrected chi connectivity index (χ3v) is 3.34. The maximum atomic E-state index is 5.76. The van der Waals surface area contributed by atoms with E-state index in [1.54, 1.807) is 0 Å². The maximum Gasteiger partial charge on any atom is 0.195 e. The second-order valence-electron chi connectivity index (χ2n) is 5.49. The fraction of sp³-hybridized carbons (Fsp3) is 0.875. The maximum absolute atomic E-state index is 5.76. The Labute approximate surface area is 130 Å². The van der Waals surface area contributed by atoms with Gasteiger partial charge in [-0.3, -0.25) is 15.3 Å². The molecule has 0 aromatic heterocycles. The van der Waals surface area contributed by atoms with Crippen LogP contribution in [0, 0.1) is 0 Å². The van der Waals surface area contributed by atoms with Gasteiger partial charge in [-0.1, -0.05) is 65.2 Å². The fourth-order valence-electron chi connectivity index (χ4n) is 2.04. The Kier molecular flexibility index (Phi) is 14.2. The summed E-state index contributed by atoms with van der Waals surface area (Å²) in [6.07, 6.45) is 12.3. The fourth-order valence-corrected chi connectivity index (χ4v) is 2.04. The normalized spacial score (nSPS) is 12.7. The Morgan fingerprint density at radius 3 is 1.43 bits per heavy atom. The Bertz CT molecular complexity index is 258. The lowest BCUT2D eigenvalue weighted by atomic mass is 10.2. The zero-order valence-corrected chi connectivity index (χ0v) is 14.0. The van der Waals surface area contributed by atoms with E-state index in [1.165, 1.54) is 51.4 Å². The Balaban J connectivity index is 3.63. The van der Waals surface area contributed by atoms with Gasteiger partial charge < -0.3 is 11.5 Å². The van der Waals surface area contributed by atoms with Gasteiger partial charge in [0.1, 0.15) is 0 Å². The Hall–Kier alpha value is -1.26. The van der Waals surface area contributed by atoms with Gasteiger partial charge in [0.2, 0.25) is 0 Å². The highest BCUT2D eigenvalue weighted by Gasteiger charge is 1.95. The molecule has 0 saturated heterocycles. The lowest BCUT2D eigenvalue weighted by Crippen LogP contribution is -2.41. The van der Waals surface area contributed by atoms with Gasteiger partial charge >= 0.3 is 0 Å². The van der Waals surface area contributed by atoms with E-state index >= 15 is 0 Å². The first-order valence-electron chi connectivity index (χ1n) is 8.57. The van der Waals surface area contributed by atoms with Crippen molar-refractivity contribution in [1.29, 1.82) is 0 Å². The molecular weight excluding hydrogens is 262 g/mol. The van der Waals surface area contributed by atoms with Gasteiger partial charge in [-0.25, -0.2) is 0 Å². The van der Waals surface area contributed by atoms with E-state index < -0.39 is 0 Å². The molecule has 0 radical (unpaired) electrons. The third kappa shape index (κ3) is 15.0. The van der Waals surface area contributed by atoms with Crippen LogP contribution < -0.4 is 16.8 Å². The summed E-state index contributed by atoms with van der Waals surface area (Å²) >= 11 is 0. The van der Waals surface area contributed by atoms with Crippen molar-refractivity contribution in [3.63, 3.8) is 0 Å². The molecule has 0 aliphatic carbocycles. The molecule has 0 bridgehead atoms. The molecule has 0 aromatic carbocycles. The summed E-state index contributed by atoms with van der Waals surface area (Å²) in [7, 11) is 0. The molecule has 0 spiro atoms. The van der Waals surface area contributed by atoms with Crippen LogP contribution in [-0.4, -0.2) is 25.0 Å². The van der Waals surface area contributed by atoms with E-state index in [-0.39, 0.29) is 0 Å². The van der Waals surface area contributed by atoms with Crippen LogP contribution in [0.15, 0.2) is 9.98 Å². The Morgan fingerprint density at radius 2 is 1.05 bits per heavy atom. The molecule has 0 heterocycles. The molecule has 124 valence electrons. The van der Waals surface area contributed by atoms with Crippen LogP contribution in [0.1, 0.15) is 78.1 Å². The minimum atomic E-state index is 0.373. The van der Waals surface area contributed by atoms with Crippen molar-refractivity contribution in [2.45, 2.75) is 78.1 Å². The molecule has 0 aliphatic rings. The van der Waals surface area contributed by atoms with Crippen molar-refractivity contribution in [2.75, 3.05) is 13.1 Å². The summed E-state index contributed by atoms with van der Waals surface area (Å²) in [5.41, 5.74) is 11.5. The van der Waals surface area contributed by atoms with Crippen LogP contribution in [-0.2, 0) is 0 Å². The largest absolute Gasteiger partial charge is 0.370 e. The van der Waals surface area contributed by atoms with Crippen molar-refractivity contribution < 1.29 is 0 Å². The molecule has 0 amide bonds. The second kappa shape index (κ2) is 15.1. The number of hydrogen-bond donors (Lipinski definition) is 3. The molecule has 0 aliphatic heterocycles. The van der Waals surface area contributed by atoms with E-state index in [1.807, 2.05) is 0 Å². The molecule has 0 atom stereocenters. The van der Waals surface area contributed by atoms with Crippen LogP contribution in [0.4, 0.5) is 0 Å². The molecule has 0 aromatic rings. The summed E-state index contributed by atoms with van der Waals surface area (Å²) < 4.78 is 0. The highest BCUT2D eigenvalue weighted by Crippen LogP contribution is 2.02. The first kappa shape index (κ1) is 19.7. The molecule has 21 heavy (non-hydrogen) atoms. The highest BCUT2D eigenvalue weighted by molar-refractivity contribution is 5.96. The van der Waals surface area contributed by atoms with Crippen molar-refractivity contribution in [3.05, 3.63) is 0 Å². The zero-order valence-electron chi connectivity index (χ0n) is 14.0. The van der Waals surface area contributed by atoms with Crippen LogP contribution in [0.5, 0.6) is 0 Å². The number of hydrogen-bond acceptors (Lipinski definition) is 2. The number of rotatable bonds is 12. The lowest BCUT2D eigenvalue weighted by Gasteiger charge is -2.05. The zero-order chi connectivity index (χ0) is 15.8. The molecule has 5 nitrogen and oxygen atoms in total. The summed E-state index contributed by atoms with van der Waals surface area (Å²) in [5.74, 6) is 0.746. The predicted molar refractivity (Wildman–Crippen MR) is 93.6 cm³/mol. The van der Waals surface area contributed by atoms with Crippen LogP contribution in [0.2, 0.25) is 0 Å². The van der Waals surface area contributed by atoms with E-state index in [0.717, 1.165) is 25.9 Å². The quantitative estimate of drug-likeness (QED) is 0.294. The molecular formula is C16H35N5. The number of aliphatic imine (C=N–C) groups is 2. The van der Waals surface area contributed by atoms with E-state index in [0.29, 0.717) is 11.9 Å². The molecule has 0 unspecified atom stereocenters. The molecule has 5 N–H and O–H groups in total. The first-order chi connectivity index (χ1) is 10.2. The second-order valence-corrected chi connectivity index (χ2v) is 5.49. The minimum Gasteiger partial charge on any atom is -0.370 e. The van der Waals surface area contributed by atoms with Crippen molar-refractivity contribution in [1.82, 2.24) is 5.32 Å². The SMILES string of the molecule is CCCCCCCN=C(N)NC(N)=NCCCCCCC. The van der Waals surface area contributed by atoms with E-state index in [4.69, 9.17) is 11.5 Å². The van der Waals surface area contributed by atoms with Gasteiger partial charge in [-0.05, 0) is 12.8 Å². The number of unbranched alkanes of at least 4 members (excludes halogenated alkanes) is 8. The standard InChI is InChI=1S/C16H35N5/c1-3-5-7-9-11-13-19-15(17)21-16(18)20-14-12-10-8-6-4-2/h3-14H2,1-2H3,(H5,17,18,19,20,21). The lowest BCUT2D eigenvalue weighted by molar-refractivity contribution is 0.637. The van der Waals surface area contributed by atoms with Crippen molar-refractivity contribution in [2.24, 2.45) is 21.5 Å².